The first-order valence-electron chi connectivity index (χ1n) is 13.1. The minimum absolute atomic E-state index is 0.0823. The Morgan fingerprint density at radius 2 is 1.66 bits per heavy atom. The SMILES string of the molecule is CC(=O)N1CCC(N(C(=O)Nc2ncc(SCC(=O)N3CCCCC3)s2)[C@H]2CC[C@H](C)CC2)CC1. The average Bonchev–Trinajstić information content (AvgIpc) is 3.32. The number of nitrogens with one attached hydrogen (secondary N) is 1. The van der Waals surface area contributed by atoms with Crippen LogP contribution in [0.5, 0.6) is 0 Å². The van der Waals surface area contributed by atoms with Crippen LogP contribution in [-0.2, 0) is 9.59 Å². The molecule has 4 amide bonds. The van der Waals surface area contributed by atoms with Gasteiger partial charge < -0.3 is 14.7 Å². The van der Waals surface area contributed by atoms with Crippen LogP contribution in [0, 0.1) is 5.92 Å². The highest BCUT2D eigenvalue weighted by atomic mass is 32.2. The van der Waals surface area contributed by atoms with Gasteiger partial charge in [-0.25, -0.2) is 9.78 Å². The molecule has 10 heteroatoms. The van der Waals surface area contributed by atoms with E-state index in [1.165, 1.54) is 29.5 Å². The minimum atomic E-state index is -0.0823. The molecule has 0 bridgehead atoms. The molecule has 0 atom stereocenters. The van der Waals surface area contributed by atoms with Gasteiger partial charge in [-0.2, -0.15) is 0 Å². The summed E-state index contributed by atoms with van der Waals surface area (Å²) in [5.74, 6) is 1.42. The molecule has 0 radical (unpaired) electrons. The molecule has 1 saturated carbocycles. The smallest absolute Gasteiger partial charge is 0.324 e. The maximum atomic E-state index is 13.5. The van der Waals surface area contributed by atoms with Crippen molar-refractivity contribution in [2.24, 2.45) is 5.92 Å². The Kier molecular flexibility index (Phi) is 9.33. The summed E-state index contributed by atoms with van der Waals surface area (Å²) in [4.78, 5) is 48.1. The number of aromatic nitrogens is 1. The van der Waals surface area contributed by atoms with Crippen molar-refractivity contribution >= 4 is 46.1 Å². The quantitative estimate of drug-likeness (QED) is 0.550. The molecule has 3 fully saturated rings. The maximum absolute atomic E-state index is 13.5. The molecule has 3 aliphatic rings. The first kappa shape index (κ1) is 26.3. The van der Waals surface area contributed by atoms with Crippen LogP contribution in [0.4, 0.5) is 9.93 Å². The zero-order valence-electron chi connectivity index (χ0n) is 21.0. The summed E-state index contributed by atoms with van der Waals surface area (Å²) in [5, 5.41) is 3.64. The molecule has 4 rings (SSSR count). The number of nitrogens with zero attached hydrogens (tertiary/aromatic N) is 4. The molecule has 194 valence electrons. The zero-order chi connectivity index (χ0) is 24.8. The fourth-order valence-corrected chi connectivity index (χ4v) is 7.28. The lowest BCUT2D eigenvalue weighted by Gasteiger charge is -2.44. The van der Waals surface area contributed by atoms with Crippen molar-refractivity contribution in [2.75, 3.05) is 37.2 Å². The monoisotopic (exact) mass is 521 g/mol. The highest BCUT2D eigenvalue weighted by molar-refractivity contribution is 8.01. The van der Waals surface area contributed by atoms with Gasteiger partial charge in [-0.1, -0.05) is 18.3 Å². The predicted molar refractivity (Wildman–Crippen MR) is 141 cm³/mol. The molecule has 3 heterocycles. The summed E-state index contributed by atoms with van der Waals surface area (Å²) in [6, 6.07) is 0.289. The number of hydrogen-bond donors (Lipinski definition) is 1. The lowest BCUT2D eigenvalue weighted by atomic mass is 9.85. The largest absolute Gasteiger partial charge is 0.343 e. The van der Waals surface area contributed by atoms with E-state index in [4.69, 9.17) is 0 Å². The van der Waals surface area contributed by atoms with Crippen LogP contribution in [0.15, 0.2) is 10.4 Å². The second-order valence-electron chi connectivity index (χ2n) is 10.2. The minimum Gasteiger partial charge on any atom is -0.343 e. The standard InChI is InChI=1S/C25H39N5O3S2/c1-18-6-8-20(9-7-18)30(21-10-14-28(15-11-21)19(2)31)25(33)27-24-26-16-23(35-24)34-17-22(32)29-12-4-3-5-13-29/h16,18,20-21H,3-15,17H2,1-2H3,(H,26,27,33)/t18-,20-. The molecule has 8 nitrogen and oxygen atoms in total. The van der Waals surface area contributed by atoms with Crippen LogP contribution in [0.25, 0.3) is 0 Å². The Labute approximate surface area is 217 Å². The van der Waals surface area contributed by atoms with Gasteiger partial charge in [0.1, 0.15) is 0 Å². The fraction of sp³-hybridized carbons (Fsp3) is 0.760. The van der Waals surface area contributed by atoms with Gasteiger partial charge in [-0.3, -0.25) is 14.9 Å². The second-order valence-corrected chi connectivity index (χ2v) is 12.5. The number of piperidine rings is 2. The van der Waals surface area contributed by atoms with Crippen molar-refractivity contribution in [1.29, 1.82) is 0 Å². The van der Waals surface area contributed by atoms with Crippen molar-refractivity contribution < 1.29 is 14.4 Å². The van der Waals surface area contributed by atoms with Crippen LogP contribution < -0.4 is 5.32 Å². The number of urea groups is 1. The number of carbonyl (C=O) groups excluding carboxylic acids is 3. The number of rotatable bonds is 6. The average molecular weight is 522 g/mol. The lowest BCUT2D eigenvalue weighted by Crippen LogP contribution is -2.54. The number of carbonyl (C=O) groups is 3. The van der Waals surface area contributed by atoms with E-state index in [1.807, 2.05) is 9.80 Å². The van der Waals surface area contributed by atoms with Gasteiger partial charge in [0, 0.05) is 45.2 Å². The third-order valence-electron chi connectivity index (χ3n) is 7.66. The topological polar surface area (TPSA) is 85.9 Å². The van der Waals surface area contributed by atoms with Gasteiger partial charge in [-0.15, -0.1) is 11.8 Å². The highest BCUT2D eigenvalue weighted by Gasteiger charge is 2.35. The van der Waals surface area contributed by atoms with Crippen molar-refractivity contribution in [3.8, 4) is 0 Å². The summed E-state index contributed by atoms with van der Waals surface area (Å²) in [5.41, 5.74) is 0. The lowest BCUT2D eigenvalue weighted by molar-refractivity contribution is -0.130. The summed E-state index contributed by atoms with van der Waals surface area (Å²) in [6.45, 7) is 7.04. The highest BCUT2D eigenvalue weighted by Crippen LogP contribution is 2.33. The van der Waals surface area contributed by atoms with Gasteiger partial charge in [0.15, 0.2) is 5.13 Å². The number of hydrogen-bond acceptors (Lipinski definition) is 6. The van der Waals surface area contributed by atoms with Crippen molar-refractivity contribution in [2.45, 2.75) is 87.9 Å². The number of anilines is 1. The van der Waals surface area contributed by atoms with Crippen LogP contribution in [0.3, 0.4) is 0 Å². The summed E-state index contributed by atoms with van der Waals surface area (Å²) < 4.78 is 0.943. The normalized spacial score (nSPS) is 23.7. The van der Waals surface area contributed by atoms with Crippen LogP contribution >= 0.6 is 23.1 Å². The first-order valence-corrected chi connectivity index (χ1v) is 14.9. The Hall–Kier alpha value is -1.81. The molecule has 0 unspecified atom stereocenters. The van der Waals surface area contributed by atoms with E-state index < -0.39 is 0 Å². The van der Waals surface area contributed by atoms with E-state index >= 15 is 0 Å². The van der Waals surface area contributed by atoms with Gasteiger partial charge in [0.25, 0.3) is 0 Å². The Morgan fingerprint density at radius 3 is 2.31 bits per heavy atom. The number of amides is 4. The molecule has 0 spiro atoms. The second kappa shape index (κ2) is 12.4. The zero-order valence-corrected chi connectivity index (χ0v) is 22.7. The number of likely N-dealkylation sites (tertiary alicyclic amines) is 2. The first-order chi connectivity index (χ1) is 16.9. The van der Waals surface area contributed by atoms with Crippen LogP contribution in [0.1, 0.15) is 71.6 Å². The molecule has 1 aromatic rings. The Bertz CT molecular complexity index is 872. The summed E-state index contributed by atoms with van der Waals surface area (Å²) >= 11 is 2.94. The molecule has 1 N–H and O–H groups in total. The molecular formula is C25H39N5O3S2. The third kappa shape index (κ3) is 7.12. The van der Waals surface area contributed by atoms with Gasteiger partial charge in [0.05, 0.1) is 16.2 Å². The summed E-state index contributed by atoms with van der Waals surface area (Å²) in [6.07, 6.45) is 11.1. The molecule has 2 saturated heterocycles. The predicted octanol–water partition coefficient (Wildman–Crippen LogP) is 4.67. The third-order valence-corrected chi connectivity index (χ3v) is 9.75. The van der Waals surface area contributed by atoms with Crippen molar-refractivity contribution in [1.82, 2.24) is 19.7 Å². The molecular weight excluding hydrogens is 482 g/mol. The van der Waals surface area contributed by atoms with Crippen molar-refractivity contribution in [3.63, 3.8) is 0 Å². The molecule has 1 aliphatic carbocycles. The number of thiazole rings is 1. The van der Waals surface area contributed by atoms with E-state index in [1.54, 1.807) is 13.1 Å². The fourth-order valence-electron chi connectivity index (χ4n) is 5.52. The summed E-state index contributed by atoms with van der Waals surface area (Å²) in [7, 11) is 0. The van der Waals surface area contributed by atoms with E-state index in [-0.39, 0.29) is 29.9 Å². The van der Waals surface area contributed by atoms with Gasteiger partial charge in [-0.05, 0) is 63.7 Å². The van der Waals surface area contributed by atoms with E-state index in [9.17, 15) is 14.4 Å². The van der Waals surface area contributed by atoms with E-state index in [2.05, 4.69) is 22.1 Å². The van der Waals surface area contributed by atoms with Crippen LogP contribution in [-0.4, -0.2) is 81.5 Å². The Balaban J connectivity index is 1.35. The molecule has 0 aromatic carbocycles. The van der Waals surface area contributed by atoms with Gasteiger partial charge >= 0.3 is 6.03 Å². The van der Waals surface area contributed by atoms with Crippen LogP contribution in [0.2, 0.25) is 0 Å². The Morgan fingerprint density at radius 1 is 1.00 bits per heavy atom. The van der Waals surface area contributed by atoms with Gasteiger partial charge in [0.2, 0.25) is 11.8 Å². The van der Waals surface area contributed by atoms with Crippen molar-refractivity contribution in [3.05, 3.63) is 6.20 Å². The van der Waals surface area contributed by atoms with E-state index in [0.29, 0.717) is 29.9 Å². The van der Waals surface area contributed by atoms with E-state index in [0.717, 1.165) is 68.7 Å². The molecule has 2 aliphatic heterocycles. The molecule has 35 heavy (non-hydrogen) atoms. The molecule has 1 aromatic heterocycles. The number of thioether (sulfide) groups is 1. The maximum Gasteiger partial charge on any atom is 0.324 e.